The summed E-state index contributed by atoms with van der Waals surface area (Å²) in [6.07, 6.45) is 16.7. The van der Waals surface area contributed by atoms with Crippen LogP contribution in [0.2, 0.25) is 0 Å². The summed E-state index contributed by atoms with van der Waals surface area (Å²) in [7, 11) is 0. The minimum Gasteiger partial charge on any atom is -0.450 e. The molecule has 4 rings (SSSR count). The Morgan fingerprint density at radius 2 is 1.87 bits per heavy atom. The van der Waals surface area contributed by atoms with Crippen molar-refractivity contribution in [1.82, 2.24) is 0 Å². The molecular formula is C28H45ClO2. The predicted octanol–water partition coefficient (Wildman–Crippen LogP) is 8.77. The van der Waals surface area contributed by atoms with Crippen LogP contribution in [0.15, 0.2) is 11.6 Å². The maximum absolute atomic E-state index is 11.2. The number of hydrogen-bond acceptors (Lipinski definition) is 2. The highest BCUT2D eigenvalue weighted by molar-refractivity contribution is 6.61. The van der Waals surface area contributed by atoms with Gasteiger partial charge in [0, 0.05) is 18.0 Å². The molecule has 4 aliphatic rings. The van der Waals surface area contributed by atoms with Gasteiger partial charge in [-0.3, -0.25) is 0 Å². The molecule has 8 atom stereocenters. The van der Waals surface area contributed by atoms with Crippen LogP contribution in [0.25, 0.3) is 0 Å². The zero-order valence-corrected chi connectivity index (χ0v) is 21.3. The van der Waals surface area contributed by atoms with E-state index in [0.29, 0.717) is 10.8 Å². The first-order valence-corrected chi connectivity index (χ1v) is 13.6. The summed E-state index contributed by atoms with van der Waals surface area (Å²) in [6.45, 7) is 12.5. The summed E-state index contributed by atoms with van der Waals surface area (Å²) in [4.78, 5) is 11.2. The third-order valence-corrected chi connectivity index (χ3v) is 10.6. The van der Waals surface area contributed by atoms with Crippen LogP contribution in [0.3, 0.4) is 0 Å². The molecule has 0 N–H and O–H groups in total. The fraction of sp³-hybridized carbons (Fsp3) is 0.893. The molecule has 0 aromatic heterocycles. The lowest BCUT2D eigenvalue weighted by molar-refractivity contribution is -0.0573. The Morgan fingerprint density at radius 1 is 1.10 bits per heavy atom. The van der Waals surface area contributed by atoms with E-state index in [-0.39, 0.29) is 6.10 Å². The van der Waals surface area contributed by atoms with E-state index < -0.39 is 5.43 Å². The summed E-state index contributed by atoms with van der Waals surface area (Å²) >= 11 is 5.51. The Morgan fingerprint density at radius 3 is 2.58 bits per heavy atom. The first-order valence-electron chi connectivity index (χ1n) is 13.2. The molecule has 3 saturated carbocycles. The quantitative estimate of drug-likeness (QED) is 0.299. The zero-order chi connectivity index (χ0) is 22.4. The van der Waals surface area contributed by atoms with E-state index in [0.717, 1.165) is 54.8 Å². The normalized spacial score (nSPS) is 42.9. The molecule has 3 heteroatoms. The molecule has 176 valence electrons. The van der Waals surface area contributed by atoms with Crippen molar-refractivity contribution in [2.45, 2.75) is 111 Å². The molecule has 31 heavy (non-hydrogen) atoms. The van der Waals surface area contributed by atoms with Crippen molar-refractivity contribution < 1.29 is 9.53 Å². The summed E-state index contributed by atoms with van der Waals surface area (Å²) < 4.78 is 5.38. The number of halogens is 1. The smallest absolute Gasteiger partial charge is 0.404 e. The van der Waals surface area contributed by atoms with Crippen LogP contribution in [-0.4, -0.2) is 11.5 Å². The number of carbonyl (C=O) groups is 1. The van der Waals surface area contributed by atoms with Gasteiger partial charge in [0.1, 0.15) is 6.10 Å². The molecule has 8 unspecified atom stereocenters. The fourth-order valence-corrected chi connectivity index (χ4v) is 9.01. The molecule has 0 spiro atoms. The second-order valence-corrected chi connectivity index (χ2v) is 12.8. The van der Waals surface area contributed by atoms with Crippen LogP contribution in [-0.2, 0) is 4.74 Å². The molecule has 0 bridgehead atoms. The molecule has 0 aliphatic heterocycles. The van der Waals surface area contributed by atoms with Gasteiger partial charge in [-0.1, -0.05) is 65.5 Å². The predicted molar refractivity (Wildman–Crippen MR) is 129 cm³/mol. The monoisotopic (exact) mass is 448 g/mol. The van der Waals surface area contributed by atoms with Gasteiger partial charge in [0.15, 0.2) is 0 Å². The van der Waals surface area contributed by atoms with Crippen LogP contribution in [0.5, 0.6) is 0 Å². The first-order chi connectivity index (χ1) is 14.6. The van der Waals surface area contributed by atoms with Crippen LogP contribution < -0.4 is 0 Å². The van der Waals surface area contributed by atoms with Gasteiger partial charge in [0.05, 0.1) is 0 Å². The average molecular weight is 449 g/mol. The van der Waals surface area contributed by atoms with Gasteiger partial charge in [0.25, 0.3) is 0 Å². The SMILES string of the molecule is CC(C)CCCC(C)C1CCC2C3CC=C4CC(OC(=O)Cl)CCC4(C)C3CCC12C. The lowest BCUT2D eigenvalue weighted by atomic mass is 9.47. The van der Waals surface area contributed by atoms with Gasteiger partial charge >= 0.3 is 5.43 Å². The highest BCUT2D eigenvalue weighted by Gasteiger charge is 2.59. The Bertz CT molecular complexity index is 699. The number of rotatable bonds is 6. The van der Waals surface area contributed by atoms with Gasteiger partial charge in [-0.05, 0) is 91.3 Å². The third-order valence-electron chi connectivity index (χ3n) is 10.5. The van der Waals surface area contributed by atoms with Gasteiger partial charge < -0.3 is 4.74 Å². The van der Waals surface area contributed by atoms with Crippen molar-refractivity contribution in [3.05, 3.63) is 11.6 Å². The number of carbonyl (C=O) groups excluding carboxylic acids is 1. The van der Waals surface area contributed by atoms with Crippen LogP contribution >= 0.6 is 11.6 Å². The summed E-state index contributed by atoms with van der Waals surface area (Å²) in [6, 6.07) is 0. The number of allylic oxidation sites excluding steroid dienone is 1. The van der Waals surface area contributed by atoms with E-state index in [4.69, 9.17) is 16.3 Å². The van der Waals surface area contributed by atoms with Crippen LogP contribution in [0, 0.1) is 46.3 Å². The van der Waals surface area contributed by atoms with Crippen molar-refractivity contribution in [1.29, 1.82) is 0 Å². The molecule has 3 fully saturated rings. The molecule has 0 amide bonds. The van der Waals surface area contributed by atoms with Gasteiger partial charge in [-0.15, -0.1) is 0 Å². The maximum Gasteiger partial charge on any atom is 0.404 e. The van der Waals surface area contributed by atoms with Crippen molar-refractivity contribution in [3.63, 3.8) is 0 Å². The van der Waals surface area contributed by atoms with Gasteiger partial charge in [0.2, 0.25) is 0 Å². The zero-order valence-electron chi connectivity index (χ0n) is 20.6. The molecule has 0 heterocycles. The van der Waals surface area contributed by atoms with Crippen molar-refractivity contribution >= 4 is 17.0 Å². The van der Waals surface area contributed by atoms with Crippen molar-refractivity contribution in [2.75, 3.05) is 0 Å². The van der Waals surface area contributed by atoms with Crippen LogP contribution in [0.1, 0.15) is 105 Å². The molecular weight excluding hydrogens is 404 g/mol. The van der Waals surface area contributed by atoms with E-state index in [1.165, 1.54) is 51.4 Å². The second kappa shape index (κ2) is 9.03. The lowest BCUT2D eigenvalue weighted by Crippen LogP contribution is -2.51. The Kier molecular flexibility index (Phi) is 6.89. The molecule has 0 aromatic rings. The molecule has 0 saturated heterocycles. The highest BCUT2D eigenvalue weighted by Crippen LogP contribution is 2.67. The maximum atomic E-state index is 11.2. The number of hydrogen-bond donors (Lipinski definition) is 0. The number of ether oxygens (including phenoxy) is 1. The Labute approximate surface area is 195 Å². The minimum absolute atomic E-state index is 0.0164. The lowest BCUT2D eigenvalue weighted by Gasteiger charge is -2.58. The first kappa shape index (κ1) is 23.7. The van der Waals surface area contributed by atoms with E-state index in [1.807, 2.05) is 0 Å². The van der Waals surface area contributed by atoms with Gasteiger partial charge in [-0.2, -0.15) is 0 Å². The van der Waals surface area contributed by atoms with Crippen molar-refractivity contribution in [3.8, 4) is 0 Å². The Balaban J connectivity index is 1.47. The second-order valence-electron chi connectivity index (χ2n) is 12.5. The molecule has 0 aromatic carbocycles. The largest absolute Gasteiger partial charge is 0.450 e. The van der Waals surface area contributed by atoms with E-state index in [9.17, 15) is 4.79 Å². The van der Waals surface area contributed by atoms with E-state index in [1.54, 1.807) is 5.57 Å². The summed E-state index contributed by atoms with van der Waals surface area (Å²) in [5.41, 5.74) is 1.77. The van der Waals surface area contributed by atoms with E-state index in [2.05, 4.69) is 40.7 Å². The van der Waals surface area contributed by atoms with Crippen LogP contribution in [0.4, 0.5) is 4.79 Å². The minimum atomic E-state index is -0.643. The molecule has 2 nitrogen and oxygen atoms in total. The third kappa shape index (κ3) is 4.36. The summed E-state index contributed by atoms with van der Waals surface area (Å²) in [5.74, 6) is 5.19. The topological polar surface area (TPSA) is 26.3 Å². The highest BCUT2D eigenvalue weighted by atomic mass is 35.5. The molecule has 4 aliphatic carbocycles. The fourth-order valence-electron chi connectivity index (χ4n) is 8.88. The Hall–Kier alpha value is -0.500. The summed E-state index contributed by atoms with van der Waals surface area (Å²) in [5, 5.41) is 0. The standard InChI is InChI=1S/C28H45ClO2/c1-18(2)7-6-8-19(3)23-11-12-24-22-10-9-20-17-21(31-26(29)30)13-15-27(20,4)25(22)14-16-28(23,24)5/h9,18-19,21-25H,6-8,10-17H2,1-5H3. The van der Waals surface area contributed by atoms with Crippen molar-refractivity contribution in [2.24, 2.45) is 46.3 Å². The van der Waals surface area contributed by atoms with E-state index >= 15 is 0 Å². The van der Waals surface area contributed by atoms with Gasteiger partial charge in [-0.25, -0.2) is 4.79 Å². The number of fused-ring (bicyclic) bond motifs is 5. The average Bonchev–Trinajstić information content (AvgIpc) is 3.05. The molecule has 0 radical (unpaired) electrons.